The van der Waals surface area contributed by atoms with Gasteiger partial charge in [0.15, 0.2) is 0 Å². The van der Waals surface area contributed by atoms with Crippen molar-refractivity contribution in [2.24, 2.45) is 17.8 Å². The lowest BCUT2D eigenvalue weighted by atomic mass is 9.90. The number of hydrogen-bond acceptors (Lipinski definition) is 2. The number of rotatable bonds is 1. The maximum absolute atomic E-state index is 12.8. The zero-order valence-corrected chi connectivity index (χ0v) is 11.7. The average molecular weight is 250 g/mol. The second-order valence-electron chi connectivity index (χ2n) is 6.76. The molecule has 5 atom stereocenters. The van der Waals surface area contributed by atoms with Crippen LogP contribution >= 0.6 is 0 Å². The van der Waals surface area contributed by atoms with Crippen LogP contribution in [0.2, 0.25) is 0 Å². The molecule has 3 heteroatoms. The molecule has 3 fully saturated rings. The van der Waals surface area contributed by atoms with Crippen LogP contribution in [0.4, 0.5) is 0 Å². The van der Waals surface area contributed by atoms with Crippen molar-refractivity contribution in [3.63, 3.8) is 0 Å². The Balaban J connectivity index is 1.70. The summed E-state index contributed by atoms with van der Waals surface area (Å²) in [5.41, 5.74) is 0. The Bertz CT molecular complexity index is 326. The van der Waals surface area contributed by atoms with E-state index in [0.717, 1.165) is 19.0 Å². The number of carbonyl (C=O) groups is 1. The first-order chi connectivity index (χ1) is 8.66. The van der Waals surface area contributed by atoms with Gasteiger partial charge in [-0.3, -0.25) is 4.79 Å². The molecule has 3 rings (SSSR count). The zero-order valence-electron chi connectivity index (χ0n) is 11.7. The molecule has 0 aromatic carbocycles. The molecule has 3 aliphatic rings. The Kier molecular flexibility index (Phi) is 3.35. The van der Waals surface area contributed by atoms with Gasteiger partial charge in [-0.15, -0.1) is 0 Å². The summed E-state index contributed by atoms with van der Waals surface area (Å²) in [5, 5.41) is 3.50. The van der Waals surface area contributed by atoms with Crippen molar-refractivity contribution in [2.45, 2.75) is 58.0 Å². The molecule has 1 N–H and O–H groups in total. The van der Waals surface area contributed by atoms with Crippen molar-refractivity contribution in [1.82, 2.24) is 10.2 Å². The lowest BCUT2D eigenvalue weighted by molar-refractivity contribution is -0.138. The Morgan fingerprint density at radius 2 is 2.00 bits per heavy atom. The first kappa shape index (κ1) is 12.5. The van der Waals surface area contributed by atoms with Gasteiger partial charge in [0.2, 0.25) is 5.91 Å². The topological polar surface area (TPSA) is 32.3 Å². The molecule has 0 radical (unpaired) electrons. The lowest BCUT2D eigenvalue weighted by Gasteiger charge is -2.39. The maximum Gasteiger partial charge on any atom is 0.240 e. The van der Waals surface area contributed by atoms with E-state index in [1.54, 1.807) is 0 Å². The fourth-order valence-electron chi connectivity index (χ4n) is 4.23. The number of carbonyl (C=O) groups excluding carboxylic acids is 1. The summed E-state index contributed by atoms with van der Waals surface area (Å²) in [6.07, 6.45) is 6.36. The van der Waals surface area contributed by atoms with Crippen LogP contribution in [0.15, 0.2) is 0 Å². The molecule has 0 aromatic heterocycles. The number of likely N-dealkylation sites (tertiary alicyclic amines) is 1. The van der Waals surface area contributed by atoms with Crippen molar-refractivity contribution in [3.05, 3.63) is 0 Å². The number of amides is 1. The molecule has 2 heterocycles. The molecule has 18 heavy (non-hydrogen) atoms. The third-order valence-electron chi connectivity index (χ3n) is 5.41. The van der Waals surface area contributed by atoms with Crippen molar-refractivity contribution < 1.29 is 4.79 Å². The number of nitrogens with zero attached hydrogens (tertiary/aromatic N) is 1. The van der Waals surface area contributed by atoms with Crippen LogP contribution in [0.1, 0.15) is 46.0 Å². The van der Waals surface area contributed by atoms with Gasteiger partial charge in [0.1, 0.15) is 0 Å². The molecule has 5 unspecified atom stereocenters. The molecule has 2 saturated heterocycles. The van der Waals surface area contributed by atoms with Crippen molar-refractivity contribution in [3.8, 4) is 0 Å². The van der Waals surface area contributed by atoms with Crippen LogP contribution in [-0.2, 0) is 4.79 Å². The highest BCUT2D eigenvalue weighted by Gasteiger charge is 2.44. The Labute approximate surface area is 110 Å². The molecule has 1 saturated carbocycles. The molecule has 0 bridgehead atoms. The van der Waals surface area contributed by atoms with Crippen molar-refractivity contribution in [1.29, 1.82) is 0 Å². The summed E-state index contributed by atoms with van der Waals surface area (Å²) in [7, 11) is 0. The summed E-state index contributed by atoms with van der Waals surface area (Å²) >= 11 is 0. The zero-order chi connectivity index (χ0) is 12.7. The molecule has 1 aliphatic carbocycles. The molecule has 102 valence electrons. The maximum atomic E-state index is 12.8. The fraction of sp³-hybridized carbons (Fsp3) is 0.933. The highest BCUT2D eigenvalue weighted by Crippen LogP contribution is 2.38. The van der Waals surface area contributed by atoms with Crippen LogP contribution in [-0.4, -0.2) is 36.0 Å². The predicted molar refractivity (Wildman–Crippen MR) is 72.2 cm³/mol. The van der Waals surface area contributed by atoms with Crippen LogP contribution < -0.4 is 5.32 Å². The van der Waals surface area contributed by atoms with E-state index in [4.69, 9.17) is 0 Å². The van der Waals surface area contributed by atoms with Crippen LogP contribution in [0.3, 0.4) is 0 Å². The van der Waals surface area contributed by atoms with Gasteiger partial charge in [-0.2, -0.15) is 0 Å². The van der Waals surface area contributed by atoms with Gasteiger partial charge in [-0.1, -0.05) is 13.3 Å². The highest BCUT2D eigenvalue weighted by atomic mass is 16.2. The minimum atomic E-state index is 0.130. The molecule has 2 aliphatic heterocycles. The molecular weight excluding hydrogens is 224 g/mol. The second-order valence-corrected chi connectivity index (χ2v) is 6.76. The summed E-state index contributed by atoms with van der Waals surface area (Å²) in [6, 6.07) is 0.571. The first-order valence-corrected chi connectivity index (χ1v) is 7.70. The monoisotopic (exact) mass is 250 g/mol. The number of nitrogens with one attached hydrogen (secondary N) is 1. The van der Waals surface area contributed by atoms with E-state index in [9.17, 15) is 4.79 Å². The third-order valence-corrected chi connectivity index (χ3v) is 5.41. The van der Waals surface area contributed by atoms with E-state index in [1.165, 1.54) is 32.1 Å². The lowest BCUT2D eigenvalue weighted by Crippen LogP contribution is -2.52. The number of piperidine rings is 1. The van der Waals surface area contributed by atoms with Gasteiger partial charge >= 0.3 is 0 Å². The van der Waals surface area contributed by atoms with Gasteiger partial charge in [0, 0.05) is 12.6 Å². The van der Waals surface area contributed by atoms with E-state index in [1.807, 2.05) is 0 Å². The van der Waals surface area contributed by atoms with Crippen molar-refractivity contribution in [2.75, 3.05) is 13.1 Å². The van der Waals surface area contributed by atoms with E-state index in [-0.39, 0.29) is 6.04 Å². The smallest absolute Gasteiger partial charge is 0.240 e. The van der Waals surface area contributed by atoms with Crippen LogP contribution in [0.5, 0.6) is 0 Å². The normalized spacial score (nSPS) is 44.1. The van der Waals surface area contributed by atoms with E-state index in [0.29, 0.717) is 23.8 Å². The van der Waals surface area contributed by atoms with E-state index in [2.05, 4.69) is 24.1 Å². The van der Waals surface area contributed by atoms with Gasteiger partial charge in [0.25, 0.3) is 0 Å². The molecule has 0 aromatic rings. The molecule has 3 nitrogen and oxygen atoms in total. The van der Waals surface area contributed by atoms with Gasteiger partial charge in [-0.05, 0) is 56.9 Å². The number of fused-ring (bicyclic) bond motifs is 1. The minimum Gasteiger partial charge on any atom is -0.338 e. The summed E-state index contributed by atoms with van der Waals surface area (Å²) in [5.74, 6) is 2.47. The fourth-order valence-corrected chi connectivity index (χ4v) is 4.23. The quantitative estimate of drug-likeness (QED) is 0.772. The predicted octanol–water partition coefficient (Wildman–Crippen LogP) is 2.02. The van der Waals surface area contributed by atoms with E-state index >= 15 is 0 Å². The Hall–Kier alpha value is -0.570. The number of hydrogen-bond donors (Lipinski definition) is 1. The van der Waals surface area contributed by atoms with Gasteiger partial charge in [-0.25, -0.2) is 0 Å². The van der Waals surface area contributed by atoms with Gasteiger partial charge in [0.05, 0.1) is 6.04 Å². The SMILES string of the molecule is CC1CCC(C)N(C(=O)C2NCC3CCCC32)C1. The first-order valence-electron chi connectivity index (χ1n) is 7.70. The standard InChI is InChI=1S/C15H26N2O/c1-10-6-7-11(2)17(9-10)15(18)14-13-5-3-4-12(13)8-16-14/h10-14,16H,3-9H2,1-2H3. The molecular formula is C15H26N2O. The van der Waals surface area contributed by atoms with Crippen LogP contribution in [0, 0.1) is 17.8 Å². The van der Waals surface area contributed by atoms with Crippen LogP contribution in [0.25, 0.3) is 0 Å². The Morgan fingerprint density at radius 1 is 1.17 bits per heavy atom. The summed E-state index contributed by atoms with van der Waals surface area (Å²) in [6.45, 7) is 6.52. The van der Waals surface area contributed by atoms with Crippen molar-refractivity contribution >= 4 is 5.91 Å². The summed E-state index contributed by atoms with van der Waals surface area (Å²) in [4.78, 5) is 14.9. The summed E-state index contributed by atoms with van der Waals surface area (Å²) < 4.78 is 0. The molecule has 1 amide bonds. The largest absolute Gasteiger partial charge is 0.338 e. The van der Waals surface area contributed by atoms with E-state index < -0.39 is 0 Å². The third kappa shape index (κ3) is 2.07. The highest BCUT2D eigenvalue weighted by molar-refractivity contribution is 5.83. The molecule has 0 spiro atoms. The average Bonchev–Trinajstić information content (AvgIpc) is 2.93. The Morgan fingerprint density at radius 3 is 2.83 bits per heavy atom. The minimum absolute atomic E-state index is 0.130. The second kappa shape index (κ2) is 4.84. The van der Waals surface area contributed by atoms with Gasteiger partial charge < -0.3 is 10.2 Å².